The van der Waals surface area contributed by atoms with Crippen LogP contribution in [0.5, 0.6) is 11.5 Å². The van der Waals surface area contributed by atoms with Crippen LogP contribution in [0.2, 0.25) is 0 Å². The molecule has 4 heteroatoms. The summed E-state index contributed by atoms with van der Waals surface area (Å²) in [5.41, 5.74) is 0.828. The third kappa shape index (κ3) is 2.29. The van der Waals surface area contributed by atoms with Crippen molar-refractivity contribution in [3.05, 3.63) is 22.2 Å². The first-order valence-electron chi connectivity index (χ1n) is 5.68. The molecule has 0 amide bonds. The number of rotatable bonds is 4. The Labute approximate surface area is 110 Å². The smallest absolute Gasteiger partial charge is 0.142 e. The van der Waals surface area contributed by atoms with Gasteiger partial charge in [0.1, 0.15) is 16.0 Å². The van der Waals surface area contributed by atoms with Crippen molar-refractivity contribution in [2.75, 3.05) is 14.2 Å². The summed E-state index contributed by atoms with van der Waals surface area (Å²) in [5.74, 6) is 2.32. The third-order valence-corrected chi connectivity index (χ3v) is 4.16. The predicted octanol–water partition coefficient (Wildman–Crippen LogP) is 3.16. The minimum atomic E-state index is -0.456. The van der Waals surface area contributed by atoms with Crippen molar-refractivity contribution in [2.45, 2.75) is 19.4 Å². The first-order valence-corrected chi connectivity index (χ1v) is 6.47. The molecule has 1 aliphatic rings. The molecule has 0 bridgehead atoms. The van der Waals surface area contributed by atoms with Gasteiger partial charge in [0, 0.05) is 5.56 Å². The lowest BCUT2D eigenvalue weighted by atomic mass is 10.0. The fraction of sp³-hybridized carbons (Fsp3) is 0.538. The number of ether oxygens (including phenoxy) is 2. The first kappa shape index (κ1) is 12.7. The summed E-state index contributed by atoms with van der Waals surface area (Å²) in [6, 6.07) is 3.72. The number of halogens is 1. The van der Waals surface area contributed by atoms with Crippen molar-refractivity contribution in [3.63, 3.8) is 0 Å². The summed E-state index contributed by atoms with van der Waals surface area (Å²) in [6.45, 7) is 2.15. The van der Waals surface area contributed by atoms with E-state index in [1.165, 1.54) is 0 Å². The van der Waals surface area contributed by atoms with E-state index in [9.17, 15) is 5.11 Å². The molecule has 0 saturated heterocycles. The Bertz CT molecular complexity index is 419. The molecular weight excluding hydrogens is 284 g/mol. The van der Waals surface area contributed by atoms with E-state index in [0.29, 0.717) is 23.3 Å². The minimum absolute atomic E-state index is 0.351. The van der Waals surface area contributed by atoms with E-state index in [2.05, 4.69) is 22.9 Å². The third-order valence-electron chi connectivity index (χ3n) is 3.41. The zero-order valence-corrected chi connectivity index (χ0v) is 11.8. The molecule has 1 N–H and O–H groups in total. The largest absolute Gasteiger partial charge is 0.495 e. The summed E-state index contributed by atoms with van der Waals surface area (Å²) in [4.78, 5) is 0. The predicted molar refractivity (Wildman–Crippen MR) is 69.5 cm³/mol. The Morgan fingerprint density at radius 3 is 2.47 bits per heavy atom. The van der Waals surface area contributed by atoms with Crippen molar-refractivity contribution in [3.8, 4) is 11.5 Å². The van der Waals surface area contributed by atoms with Gasteiger partial charge in [-0.2, -0.15) is 0 Å². The second-order valence-electron chi connectivity index (χ2n) is 4.53. The molecule has 3 nitrogen and oxygen atoms in total. The fourth-order valence-corrected chi connectivity index (χ4v) is 2.86. The van der Waals surface area contributed by atoms with Crippen LogP contribution in [0.15, 0.2) is 16.6 Å². The molecule has 1 aliphatic carbocycles. The van der Waals surface area contributed by atoms with E-state index in [4.69, 9.17) is 9.47 Å². The highest BCUT2D eigenvalue weighted by atomic mass is 79.9. The van der Waals surface area contributed by atoms with E-state index in [1.54, 1.807) is 14.2 Å². The normalized spacial score (nSPS) is 24.3. The molecule has 0 aliphatic heterocycles. The zero-order valence-electron chi connectivity index (χ0n) is 10.2. The molecule has 2 rings (SSSR count). The SMILES string of the molecule is COc1ccc(C(O)C2CC2C)c(OC)c1Br. The standard InChI is InChI=1S/C13H17BrO3/c1-7-6-9(7)12(15)8-4-5-10(16-2)11(14)13(8)17-3/h4-5,7,9,12,15H,6H2,1-3H3. The quantitative estimate of drug-likeness (QED) is 0.928. The molecule has 0 aromatic heterocycles. The molecule has 1 fully saturated rings. The number of benzene rings is 1. The van der Waals surface area contributed by atoms with Crippen molar-refractivity contribution < 1.29 is 14.6 Å². The van der Waals surface area contributed by atoms with Gasteiger partial charge in [0.05, 0.1) is 20.3 Å². The van der Waals surface area contributed by atoms with Crippen molar-refractivity contribution in [1.29, 1.82) is 0 Å². The Morgan fingerprint density at radius 2 is 2.00 bits per heavy atom. The van der Waals surface area contributed by atoms with Gasteiger partial charge in [0.2, 0.25) is 0 Å². The Hall–Kier alpha value is -0.740. The summed E-state index contributed by atoms with van der Waals surface area (Å²) >= 11 is 3.44. The van der Waals surface area contributed by atoms with Crippen LogP contribution in [0.1, 0.15) is 25.0 Å². The van der Waals surface area contributed by atoms with E-state index in [1.807, 2.05) is 12.1 Å². The van der Waals surface area contributed by atoms with Crippen molar-refractivity contribution in [1.82, 2.24) is 0 Å². The van der Waals surface area contributed by atoms with Crippen LogP contribution < -0.4 is 9.47 Å². The summed E-state index contributed by atoms with van der Waals surface area (Å²) < 4.78 is 11.3. The van der Waals surface area contributed by atoms with Crippen LogP contribution in [-0.4, -0.2) is 19.3 Å². The number of aliphatic hydroxyl groups excluding tert-OH is 1. The van der Waals surface area contributed by atoms with Gasteiger partial charge in [-0.1, -0.05) is 6.92 Å². The molecule has 1 aromatic carbocycles. The maximum absolute atomic E-state index is 10.3. The molecule has 3 unspecified atom stereocenters. The summed E-state index contributed by atoms with van der Waals surface area (Å²) in [7, 11) is 3.21. The summed E-state index contributed by atoms with van der Waals surface area (Å²) in [6.07, 6.45) is 0.621. The lowest BCUT2D eigenvalue weighted by Crippen LogP contribution is -2.04. The molecule has 0 heterocycles. The molecule has 0 spiro atoms. The highest BCUT2D eigenvalue weighted by Crippen LogP contribution is 2.50. The monoisotopic (exact) mass is 300 g/mol. The van der Waals surface area contributed by atoms with Crippen LogP contribution in [0.3, 0.4) is 0 Å². The average molecular weight is 301 g/mol. The highest BCUT2D eigenvalue weighted by molar-refractivity contribution is 9.10. The van der Waals surface area contributed by atoms with E-state index in [-0.39, 0.29) is 0 Å². The van der Waals surface area contributed by atoms with Crippen LogP contribution >= 0.6 is 15.9 Å². The second-order valence-corrected chi connectivity index (χ2v) is 5.32. The van der Waals surface area contributed by atoms with Crippen molar-refractivity contribution in [2.24, 2.45) is 11.8 Å². The van der Waals surface area contributed by atoms with Gasteiger partial charge in [-0.3, -0.25) is 0 Å². The Kier molecular flexibility index (Phi) is 3.64. The van der Waals surface area contributed by atoms with E-state index >= 15 is 0 Å². The number of aliphatic hydroxyl groups is 1. The molecule has 94 valence electrons. The van der Waals surface area contributed by atoms with Gasteiger partial charge < -0.3 is 14.6 Å². The van der Waals surface area contributed by atoms with Gasteiger partial charge in [-0.15, -0.1) is 0 Å². The number of hydrogen-bond donors (Lipinski definition) is 1. The Balaban J connectivity index is 2.36. The van der Waals surface area contributed by atoms with Gasteiger partial charge in [-0.05, 0) is 46.3 Å². The lowest BCUT2D eigenvalue weighted by molar-refractivity contribution is 0.144. The zero-order chi connectivity index (χ0) is 12.6. The summed E-state index contributed by atoms with van der Waals surface area (Å²) in [5, 5.41) is 10.3. The molecule has 0 radical (unpaired) electrons. The maximum Gasteiger partial charge on any atom is 0.142 e. The molecule has 3 atom stereocenters. The molecular formula is C13H17BrO3. The number of methoxy groups -OCH3 is 2. The molecule has 1 saturated carbocycles. The molecule has 17 heavy (non-hydrogen) atoms. The van der Waals surface area contributed by atoms with Crippen LogP contribution in [-0.2, 0) is 0 Å². The van der Waals surface area contributed by atoms with E-state index in [0.717, 1.165) is 16.5 Å². The second kappa shape index (κ2) is 4.86. The number of hydrogen-bond acceptors (Lipinski definition) is 3. The van der Waals surface area contributed by atoms with Gasteiger partial charge in [0.15, 0.2) is 0 Å². The topological polar surface area (TPSA) is 38.7 Å². The highest BCUT2D eigenvalue weighted by Gasteiger charge is 2.40. The first-order chi connectivity index (χ1) is 8.10. The lowest BCUT2D eigenvalue weighted by Gasteiger charge is -2.17. The van der Waals surface area contributed by atoms with E-state index < -0.39 is 6.10 Å². The van der Waals surface area contributed by atoms with Crippen LogP contribution in [0, 0.1) is 11.8 Å². The van der Waals surface area contributed by atoms with Crippen LogP contribution in [0.25, 0.3) is 0 Å². The average Bonchev–Trinajstić information content (AvgIpc) is 3.05. The van der Waals surface area contributed by atoms with Gasteiger partial charge >= 0.3 is 0 Å². The fourth-order valence-electron chi connectivity index (χ4n) is 2.17. The van der Waals surface area contributed by atoms with Gasteiger partial charge in [0.25, 0.3) is 0 Å². The van der Waals surface area contributed by atoms with Gasteiger partial charge in [-0.25, -0.2) is 0 Å². The molecule has 1 aromatic rings. The van der Waals surface area contributed by atoms with Crippen LogP contribution in [0.4, 0.5) is 0 Å². The van der Waals surface area contributed by atoms with Crippen molar-refractivity contribution >= 4 is 15.9 Å². The Morgan fingerprint density at radius 1 is 1.35 bits per heavy atom. The maximum atomic E-state index is 10.3. The minimum Gasteiger partial charge on any atom is -0.495 e.